The third-order valence-electron chi connectivity index (χ3n) is 7.36. The molecule has 5 aliphatic rings. The molecule has 5 atom stereocenters. The predicted octanol–water partition coefficient (Wildman–Crippen LogP) is 5.53. The van der Waals surface area contributed by atoms with Gasteiger partial charge in [0.15, 0.2) is 0 Å². The zero-order chi connectivity index (χ0) is 14.3. The van der Waals surface area contributed by atoms with Crippen LogP contribution in [0.5, 0.6) is 0 Å². The quantitative estimate of drug-likeness (QED) is 0.597. The van der Waals surface area contributed by atoms with Crippen molar-refractivity contribution in [3.8, 4) is 11.1 Å². The summed E-state index contributed by atoms with van der Waals surface area (Å²) in [4.78, 5) is 0. The topological polar surface area (TPSA) is 0 Å². The Bertz CT molecular complexity index is 757. The maximum absolute atomic E-state index is 2.46. The summed E-state index contributed by atoms with van der Waals surface area (Å²) in [5.74, 6) is 3.76. The molecular weight excluding hydrogens is 264 g/mol. The highest BCUT2D eigenvalue weighted by Crippen LogP contribution is 2.69. The summed E-state index contributed by atoms with van der Waals surface area (Å²) in [6.45, 7) is 0. The first-order valence-electron chi connectivity index (χ1n) is 9.04. The first kappa shape index (κ1) is 11.9. The highest BCUT2D eigenvalue weighted by molar-refractivity contribution is 5.77. The number of rotatable bonds is 0. The monoisotopic (exact) mass is 286 g/mol. The van der Waals surface area contributed by atoms with Crippen LogP contribution in [0.3, 0.4) is 0 Å². The lowest BCUT2D eigenvalue weighted by molar-refractivity contribution is -0.0289. The van der Waals surface area contributed by atoms with E-state index in [0.29, 0.717) is 5.41 Å². The van der Waals surface area contributed by atoms with E-state index in [1.165, 1.54) is 43.2 Å². The number of hydrogen-bond donors (Lipinski definition) is 0. The van der Waals surface area contributed by atoms with Crippen LogP contribution in [0.2, 0.25) is 0 Å². The van der Waals surface area contributed by atoms with Crippen LogP contribution in [-0.2, 0) is 5.41 Å². The molecule has 22 heavy (non-hydrogen) atoms. The molecule has 0 radical (unpaired) electrons. The van der Waals surface area contributed by atoms with E-state index < -0.39 is 0 Å². The van der Waals surface area contributed by atoms with Gasteiger partial charge in [0.1, 0.15) is 0 Å². The average molecular weight is 286 g/mol. The van der Waals surface area contributed by atoms with Gasteiger partial charge < -0.3 is 0 Å². The Morgan fingerprint density at radius 3 is 2.23 bits per heavy atom. The second-order valence-corrected chi connectivity index (χ2v) is 8.37. The maximum atomic E-state index is 2.46. The molecule has 4 fully saturated rings. The molecule has 0 aliphatic heterocycles. The molecule has 0 saturated heterocycles. The van der Waals surface area contributed by atoms with Gasteiger partial charge in [0.2, 0.25) is 0 Å². The van der Waals surface area contributed by atoms with Gasteiger partial charge in [-0.05, 0) is 78.0 Å². The van der Waals surface area contributed by atoms with E-state index in [4.69, 9.17) is 0 Å². The molecule has 1 spiro atoms. The molecule has 0 heterocycles. The molecule has 4 saturated carbocycles. The minimum absolute atomic E-state index is 0.472. The summed E-state index contributed by atoms with van der Waals surface area (Å²) in [5.41, 5.74) is 6.90. The fourth-order valence-electron chi connectivity index (χ4n) is 7.15. The Labute approximate surface area is 132 Å². The van der Waals surface area contributed by atoms with Gasteiger partial charge in [-0.2, -0.15) is 0 Å². The van der Waals surface area contributed by atoms with Gasteiger partial charge >= 0.3 is 0 Å². The molecule has 4 bridgehead atoms. The van der Waals surface area contributed by atoms with Crippen molar-refractivity contribution in [1.29, 1.82) is 0 Å². The minimum atomic E-state index is 0.472. The van der Waals surface area contributed by atoms with Gasteiger partial charge in [-0.1, -0.05) is 48.5 Å². The standard InChI is InChI=1S/C22H22/c1-2-7-19-17(5-1)18-6-3-4-8-20(18)22-12-14-9-15(13-22)11-16(10-14)21(19)22/h1-8,14-16,21H,9-13H2/t14-,15+,16?,21?,22?. The molecule has 2 aromatic rings. The Kier molecular flexibility index (Phi) is 2.09. The number of hydrogen-bond acceptors (Lipinski definition) is 0. The second kappa shape index (κ2) is 3.85. The van der Waals surface area contributed by atoms with Crippen molar-refractivity contribution < 1.29 is 0 Å². The molecule has 5 aliphatic carbocycles. The predicted molar refractivity (Wildman–Crippen MR) is 89.9 cm³/mol. The molecule has 7 rings (SSSR count). The van der Waals surface area contributed by atoms with Crippen LogP contribution in [0.4, 0.5) is 0 Å². The van der Waals surface area contributed by atoms with E-state index in [1.54, 1.807) is 11.1 Å². The van der Waals surface area contributed by atoms with E-state index in [-0.39, 0.29) is 0 Å². The lowest BCUT2D eigenvalue weighted by Gasteiger charge is -2.63. The van der Waals surface area contributed by atoms with Crippen molar-refractivity contribution >= 4 is 0 Å². The normalized spacial score (nSPS) is 40.0. The molecule has 2 aromatic carbocycles. The van der Waals surface area contributed by atoms with Crippen LogP contribution in [0, 0.1) is 17.8 Å². The first-order valence-corrected chi connectivity index (χ1v) is 9.04. The van der Waals surface area contributed by atoms with E-state index in [0.717, 1.165) is 23.7 Å². The maximum Gasteiger partial charge on any atom is 0.00359 e. The van der Waals surface area contributed by atoms with Gasteiger partial charge in [0, 0.05) is 5.41 Å². The van der Waals surface area contributed by atoms with Gasteiger partial charge in [0.05, 0.1) is 0 Å². The summed E-state index contributed by atoms with van der Waals surface area (Å²) < 4.78 is 0. The molecule has 0 amide bonds. The zero-order valence-electron chi connectivity index (χ0n) is 13.0. The third-order valence-corrected chi connectivity index (χ3v) is 7.36. The Morgan fingerprint density at radius 2 is 1.41 bits per heavy atom. The van der Waals surface area contributed by atoms with Crippen LogP contribution in [0.25, 0.3) is 11.1 Å². The summed E-state index contributed by atoms with van der Waals surface area (Å²) in [6, 6.07) is 18.7. The summed E-state index contributed by atoms with van der Waals surface area (Å²) >= 11 is 0. The van der Waals surface area contributed by atoms with Crippen LogP contribution in [-0.4, -0.2) is 0 Å². The summed E-state index contributed by atoms with van der Waals surface area (Å²) in [7, 11) is 0. The average Bonchev–Trinajstić information content (AvgIpc) is 2.54. The zero-order valence-corrected chi connectivity index (χ0v) is 13.0. The van der Waals surface area contributed by atoms with Crippen molar-refractivity contribution in [2.24, 2.45) is 17.8 Å². The minimum Gasteiger partial charge on any atom is -0.0619 e. The molecule has 110 valence electrons. The van der Waals surface area contributed by atoms with E-state index >= 15 is 0 Å². The molecule has 0 nitrogen and oxygen atoms in total. The third kappa shape index (κ3) is 1.27. The van der Waals surface area contributed by atoms with Crippen molar-refractivity contribution in [3.05, 3.63) is 59.7 Å². The van der Waals surface area contributed by atoms with Crippen LogP contribution >= 0.6 is 0 Å². The lowest BCUT2D eigenvalue weighted by Crippen LogP contribution is -2.55. The molecule has 0 heteroatoms. The first-order chi connectivity index (χ1) is 10.9. The van der Waals surface area contributed by atoms with E-state index in [1.807, 2.05) is 0 Å². The highest BCUT2D eigenvalue weighted by atomic mass is 14.6. The van der Waals surface area contributed by atoms with Crippen LogP contribution < -0.4 is 0 Å². The largest absolute Gasteiger partial charge is 0.0619 e. The smallest absolute Gasteiger partial charge is 0.00359 e. The fraction of sp³-hybridized carbons (Fsp3) is 0.455. The Morgan fingerprint density at radius 1 is 0.727 bits per heavy atom. The van der Waals surface area contributed by atoms with E-state index in [9.17, 15) is 0 Å². The van der Waals surface area contributed by atoms with Crippen molar-refractivity contribution in [1.82, 2.24) is 0 Å². The van der Waals surface area contributed by atoms with Crippen molar-refractivity contribution in [2.75, 3.05) is 0 Å². The lowest BCUT2D eigenvalue weighted by atomic mass is 9.40. The molecule has 0 N–H and O–H groups in total. The molecular formula is C22H22. The van der Waals surface area contributed by atoms with Gasteiger partial charge in [-0.15, -0.1) is 0 Å². The Balaban J connectivity index is 1.70. The summed E-state index contributed by atoms with van der Waals surface area (Å²) in [5, 5.41) is 0. The van der Waals surface area contributed by atoms with E-state index in [2.05, 4.69) is 48.5 Å². The molecule has 3 unspecified atom stereocenters. The van der Waals surface area contributed by atoms with Crippen molar-refractivity contribution in [3.63, 3.8) is 0 Å². The molecule has 0 aromatic heterocycles. The second-order valence-electron chi connectivity index (χ2n) is 8.37. The Hall–Kier alpha value is -1.56. The number of benzene rings is 2. The van der Waals surface area contributed by atoms with Crippen molar-refractivity contribution in [2.45, 2.75) is 43.4 Å². The van der Waals surface area contributed by atoms with Gasteiger partial charge in [0.25, 0.3) is 0 Å². The summed E-state index contributed by atoms with van der Waals surface area (Å²) in [6.07, 6.45) is 7.43. The van der Waals surface area contributed by atoms with Gasteiger partial charge in [-0.3, -0.25) is 0 Å². The highest BCUT2D eigenvalue weighted by Gasteiger charge is 2.60. The van der Waals surface area contributed by atoms with Crippen LogP contribution in [0.1, 0.15) is 49.1 Å². The number of fused-ring (bicyclic) bond motifs is 3. The SMILES string of the molecule is c1ccc2c(c1)-c1ccccc1C13C[C@@H]4CC(C[C@@H](C4)C1)C23. The van der Waals surface area contributed by atoms with Gasteiger partial charge in [-0.25, -0.2) is 0 Å². The fourth-order valence-corrected chi connectivity index (χ4v) is 7.15. The van der Waals surface area contributed by atoms with Crippen LogP contribution in [0.15, 0.2) is 48.5 Å².